The highest BCUT2D eigenvalue weighted by Crippen LogP contribution is 2.40. The summed E-state index contributed by atoms with van der Waals surface area (Å²) in [6, 6.07) is 2.25. The van der Waals surface area contributed by atoms with E-state index in [1.54, 1.807) is 10.6 Å². The molecule has 0 radical (unpaired) electrons. The van der Waals surface area contributed by atoms with Crippen LogP contribution in [0.1, 0.15) is 27.6 Å². The molecule has 2 nitrogen and oxygen atoms in total. The first kappa shape index (κ1) is 9.75. The molecule has 4 heteroatoms. The van der Waals surface area contributed by atoms with Crippen LogP contribution in [0.2, 0.25) is 0 Å². The van der Waals surface area contributed by atoms with Gasteiger partial charge in [-0.25, -0.2) is 4.98 Å². The van der Waals surface area contributed by atoms with Crippen LogP contribution >= 0.6 is 22.7 Å². The van der Waals surface area contributed by atoms with Crippen molar-refractivity contribution >= 4 is 27.6 Å². The lowest BCUT2D eigenvalue weighted by Gasteiger charge is -2.12. The average Bonchev–Trinajstić information content (AvgIpc) is 3.06. The van der Waals surface area contributed by atoms with E-state index in [1.165, 1.54) is 52.5 Å². The second-order valence-corrected chi connectivity index (χ2v) is 7.17. The largest absolute Gasteiger partial charge is 0.291 e. The molecule has 0 bridgehead atoms. The van der Waals surface area contributed by atoms with Gasteiger partial charge in [-0.15, -0.1) is 22.7 Å². The summed E-state index contributed by atoms with van der Waals surface area (Å²) in [6.07, 6.45) is 6.19. The van der Waals surface area contributed by atoms with Crippen molar-refractivity contribution in [3.63, 3.8) is 0 Å². The first-order valence-electron chi connectivity index (χ1n) is 6.50. The van der Waals surface area contributed by atoms with Gasteiger partial charge in [0.1, 0.15) is 0 Å². The van der Waals surface area contributed by atoms with Crippen LogP contribution in [0.25, 0.3) is 16.2 Å². The van der Waals surface area contributed by atoms with E-state index in [9.17, 15) is 0 Å². The third-order valence-corrected chi connectivity index (χ3v) is 6.28. The fourth-order valence-electron chi connectivity index (χ4n) is 3.36. The number of imidazole rings is 1. The van der Waals surface area contributed by atoms with Crippen LogP contribution in [0.15, 0.2) is 11.4 Å². The van der Waals surface area contributed by atoms with Gasteiger partial charge < -0.3 is 0 Å². The number of thiophene rings is 1. The summed E-state index contributed by atoms with van der Waals surface area (Å²) in [5, 5.41) is 2.21. The SMILES string of the molecule is c1cc2c(s1)CCc1c-2nc2sc3c(n12)CCC3. The topological polar surface area (TPSA) is 17.3 Å². The molecule has 3 aromatic rings. The lowest BCUT2D eigenvalue weighted by Crippen LogP contribution is -2.04. The van der Waals surface area contributed by atoms with Gasteiger partial charge in [0.2, 0.25) is 0 Å². The van der Waals surface area contributed by atoms with Gasteiger partial charge in [0.15, 0.2) is 4.96 Å². The van der Waals surface area contributed by atoms with Gasteiger partial charge in [-0.2, -0.15) is 0 Å². The number of aromatic nitrogens is 2. The summed E-state index contributed by atoms with van der Waals surface area (Å²) in [7, 11) is 0. The van der Waals surface area contributed by atoms with E-state index in [4.69, 9.17) is 4.98 Å². The lowest BCUT2D eigenvalue weighted by molar-refractivity contribution is 0.847. The summed E-state index contributed by atoms with van der Waals surface area (Å²) in [5.74, 6) is 0. The van der Waals surface area contributed by atoms with E-state index in [0.29, 0.717) is 0 Å². The molecule has 3 aromatic heterocycles. The molecule has 2 aliphatic rings. The zero-order valence-electron chi connectivity index (χ0n) is 9.90. The molecule has 5 rings (SSSR count). The van der Waals surface area contributed by atoms with E-state index in [-0.39, 0.29) is 0 Å². The van der Waals surface area contributed by atoms with E-state index in [0.717, 1.165) is 6.42 Å². The van der Waals surface area contributed by atoms with Crippen molar-refractivity contribution in [1.29, 1.82) is 0 Å². The van der Waals surface area contributed by atoms with Gasteiger partial charge in [-0.05, 0) is 43.6 Å². The number of aryl methyl sites for hydroxylation is 4. The third kappa shape index (κ3) is 1.06. The fourth-order valence-corrected chi connectivity index (χ4v) is 5.46. The number of fused-ring (bicyclic) bond motifs is 7. The highest BCUT2D eigenvalue weighted by atomic mass is 32.1. The van der Waals surface area contributed by atoms with E-state index >= 15 is 0 Å². The van der Waals surface area contributed by atoms with Crippen LogP contribution in [-0.2, 0) is 25.7 Å². The molecule has 0 saturated heterocycles. The van der Waals surface area contributed by atoms with Gasteiger partial charge in [0.05, 0.1) is 11.4 Å². The second-order valence-electron chi connectivity index (χ2n) is 5.11. The average molecular weight is 272 g/mol. The van der Waals surface area contributed by atoms with E-state index in [2.05, 4.69) is 15.8 Å². The molecule has 3 heterocycles. The van der Waals surface area contributed by atoms with Crippen molar-refractivity contribution in [2.75, 3.05) is 0 Å². The maximum Gasteiger partial charge on any atom is 0.194 e. The molecule has 0 fully saturated rings. The van der Waals surface area contributed by atoms with Crippen molar-refractivity contribution in [2.24, 2.45) is 0 Å². The lowest BCUT2D eigenvalue weighted by atomic mass is 10.00. The number of hydrogen-bond donors (Lipinski definition) is 0. The summed E-state index contributed by atoms with van der Waals surface area (Å²) >= 11 is 3.79. The second kappa shape index (κ2) is 3.25. The van der Waals surface area contributed by atoms with Crippen LogP contribution in [-0.4, -0.2) is 9.38 Å². The fraction of sp³-hybridized carbons (Fsp3) is 0.357. The molecule has 0 amide bonds. The van der Waals surface area contributed by atoms with Crippen LogP contribution in [0.5, 0.6) is 0 Å². The van der Waals surface area contributed by atoms with E-state index in [1.807, 2.05) is 22.7 Å². The van der Waals surface area contributed by atoms with E-state index < -0.39 is 0 Å². The zero-order valence-corrected chi connectivity index (χ0v) is 11.5. The van der Waals surface area contributed by atoms with Crippen molar-refractivity contribution < 1.29 is 0 Å². The normalized spacial score (nSPS) is 16.9. The highest BCUT2D eigenvalue weighted by molar-refractivity contribution is 7.17. The minimum atomic E-state index is 1.16. The number of nitrogens with zero attached hydrogens (tertiary/aromatic N) is 2. The minimum absolute atomic E-state index is 1.16. The molecule has 90 valence electrons. The highest BCUT2D eigenvalue weighted by Gasteiger charge is 2.27. The third-order valence-electron chi connectivity index (χ3n) is 4.16. The molecule has 0 aromatic carbocycles. The zero-order chi connectivity index (χ0) is 11.7. The molecule has 2 aliphatic carbocycles. The summed E-state index contributed by atoms with van der Waals surface area (Å²) in [6.45, 7) is 0. The predicted octanol–water partition coefficient (Wildman–Crippen LogP) is 3.71. The quantitative estimate of drug-likeness (QED) is 0.610. The minimum Gasteiger partial charge on any atom is -0.291 e. The van der Waals surface area contributed by atoms with Crippen LogP contribution < -0.4 is 0 Å². The van der Waals surface area contributed by atoms with Gasteiger partial charge >= 0.3 is 0 Å². The predicted molar refractivity (Wildman–Crippen MR) is 75.8 cm³/mol. The Labute approximate surface area is 113 Å². The molecular formula is C14H12N2S2. The summed E-state index contributed by atoms with van der Waals surface area (Å²) in [5.41, 5.74) is 5.68. The monoisotopic (exact) mass is 272 g/mol. The molecule has 0 unspecified atom stereocenters. The molecule has 0 spiro atoms. The molecule has 0 N–H and O–H groups in total. The van der Waals surface area contributed by atoms with Crippen LogP contribution in [0.4, 0.5) is 0 Å². The van der Waals surface area contributed by atoms with Crippen molar-refractivity contribution in [1.82, 2.24) is 9.38 Å². The molecule has 18 heavy (non-hydrogen) atoms. The maximum absolute atomic E-state index is 4.92. The Morgan fingerprint density at radius 1 is 1.06 bits per heavy atom. The number of rotatable bonds is 0. The number of hydrogen-bond acceptors (Lipinski definition) is 3. The Bertz CT molecular complexity index is 775. The Hall–Kier alpha value is -1.13. The molecule has 0 aliphatic heterocycles. The first-order chi connectivity index (χ1) is 8.92. The van der Waals surface area contributed by atoms with Crippen molar-refractivity contribution in [2.45, 2.75) is 32.1 Å². The smallest absolute Gasteiger partial charge is 0.194 e. The molecular weight excluding hydrogens is 260 g/mol. The molecule has 0 atom stereocenters. The molecule has 0 saturated carbocycles. The van der Waals surface area contributed by atoms with Crippen LogP contribution in [0.3, 0.4) is 0 Å². The van der Waals surface area contributed by atoms with Gasteiger partial charge in [-0.1, -0.05) is 0 Å². The summed E-state index contributed by atoms with van der Waals surface area (Å²) < 4.78 is 2.48. The standard InChI is InChI=1S/C14H12N2S2/c1-2-9-12(3-1)18-14-15-13-8-6-7-17-11(8)5-4-10(13)16(9)14/h6-7H,1-5H2. The Kier molecular flexibility index (Phi) is 1.76. The van der Waals surface area contributed by atoms with Crippen LogP contribution in [0, 0.1) is 0 Å². The Morgan fingerprint density at radius 3 is 3.06 bits per heavy atom. The summed E-state index contributed by atoms with van der Waals surface area (Å²) in [4.78, 5) is 9.24. The number of thiazole rings is 1. The van der Waals surface area contributed by atoms with Crippen molar-refractivity contribution in [3.05, 3.63) is 32.6 Å². The Morgan fingerprint density at radius 2 is 2.06 bits per heavy atom. The van der Waals surface area contributed by atoms with Gasteiger partial charge in [0.25, 0.3) is 0 Å². The van der Waals surface area contributed by atoms with Gasteiger partial charge in [-0.3, -0.25) is 4.40 Å². The first-order valence-corrected chi connectivity index (χ1v) is 8.20. The van der Waals surface area contributed by atoms with Crippen molar-refractivity contribution in [3.8, 4) is 11.3 Å². The Balaban J connectivity index is 1.89. The van der Waals surface area contributed by atoms with Gasteiger partial charge in [0, 0.05) is 21.0 Å². The maximum atomic E-state index is 4.92.